The predicted molar refractivity (Wildman–Crippen MR) is 92.9 cm³/mol. The van der Waals surface area contributed by atoms with Gasteiger partial charge in [0, 0.05) is 36.4 Å². The van der Waals surface area contributed by atoms with E-state index in [0.717, 1.165) is 38.5 Å². The van der Waals surface area contributed by atoms with Crippen LogP contribution < -0.4 is 0 Å². The Morgan fingerprint density at radius 2 is 1.87 bits per heavy atom. The molecule has 2 aromatic rings. The van der Waals surface area contributed by atoms with Crippen molar-refractivity contribution < 1.29 is 9.84 Å². The summed E-state index contributed by atoms with van der Waals surface area (Å²) in [4.78, 5) is 6.77. The Labute approximate surface area is 141 Å². The smallest absolute Gasteiger partial charge is 0.124 e. The fraction of sp³-hybridized carbons (Fsp3) is 0.278. The number of ether oxygens (including phenoxy) is 1. The highest BCUT2D eigenvalue weighted by Crippen LogP contribution is 2.21. The molecule has 0 amide bonds. The first kappa shape index (κ1) is 16.0. The maximum absolute atomic E-state index is 9.77. The summed E-state index contributed by atoms with van der Waals surface area (Å²) in [6.45, 7) is 4.52. The van der Waals surface area contributed by atoms with Crippen molar-refractivity contribution in [1.29, 1.82) is 0 Å². The lowest BCUT2D eigenvalue weighted by Crippen LogP contribution is -2.35. The number of phenolic OH excluding ortho intramolecular Hbond substituents is 1. The molecule has 1 fully saturated rings. The second-order valence-corrected chi connectivity index (χ2v) is 5.95. The van der Waals surface area contributed by atoms with Crippen molar-refractivity contribution in [2.75, 3.05) is 26.3 Å². The highest BCUT2D eigenvalue weighted by molar-refractivity contribution is 6.30. The number of aliphatic imine (C=N–C) groups is 1. The highest BCUT2D eigenvalue weighted by Gasteiger charge is 2.10. The Morgan fingerprint density at radius 1 is 1.13 bits per heavy atom. The van der Waals surface area contributed by atoms with Crippen molar-refractivity contribution in [2.24, 2.45) is 4.99 Å². The monoisotopic (exact) mass is 330 g/mol. The SMILES string of the molecule is Oc1ccc(Cl)cc1C=Nc1ccc(CN2CCOCC2)cc1. The van der Waals surface area contributed by atoms with Gasteiger partial charge in [0.1, 0.15) is 5.75 Å². The molecule has 0 aromatic heterocycles. The van der Waals surface area contributed by atoms with E-state index >= 15 is 0 Å². The zero-order chi connectivity index (χ0) is 16.1. The summed E-state index contributed by atoms with van der Waals surface area (Å²) in [6, 6.07) is 13.0. The van der Waals surface area contributed by atoms with Crippen LogP contribution in [-0.2, 0) is 11.3 Å². The van der Waals surface area contributed by atoms with Gasteiger partial charge in [-0.15, -0.1) is 0 Å². The average Bonchev–Trinajstić information content (AvgIpc) is 2.58. The third-order valence-electron chi connectivity index (χ3n) is 3.79. The van der Waals surface area contributed by atoms with Crippen molar-refractivity contribution in [3.05, 3.63) is 58.6 Å². The van der Waals surface area contributed by atoms with Gasteiger partial charge < -0.3 is 9.84 Å². The first-order valence-corrected chi connectivity index (χ1v) is 8.00. The predicted octanol–water partition coefficient (Wildman–Crippen LogP) is 3.63. The lowest BCUT2D eigenvalue weighted by molar-refractivity contribution is 0.0342. The molecule has 1 aliphatic heterocycles. The molecule has 23 heavy (non-hydrogen) atoms. The molecular formula is C18H19ClN2O2. The molecule has 2 aromatic carbocycles. The maximum atomic E-state index is 9.77. The second kappa shape index (κ2) is 7.59. The maximum Gasteiger partial charge on any atom is 0.124 e. The molecule has 0 atom stereocenters. The van der Waals surface area contributed by atoms with Gasteiger partial charge in [-0.05, 0) is 35.9 Å². The minimum Gasteiger partial charge on any atom is -0.507 e. The van der Waals surface area contributed by atoms with E-state index in [0.29, 0.717) is 10.6 Å². The molecule has 1 aliphatic rings. The van der Waals surface area contributed by atoms with Crippen molar-refractivity contribution in [1.82, 2.24) is 4.90 Å². The van der Waals surface area contributed by atoms with Crippen LogP contribution in [0.2, 0.25) is 5.02 Å². The molecule has 0 radical (unpaired) electrons. The van der Waals surface area contributed by atoms with Crippen molar-refractivity contribution >= 4 is 23.5 Å². The van der Waals surface area contributed by atoms with E-state index in [1.807, 2.05) is 12.1 Å². The van der Waals surface area contributed by atoms with Crippen LogP contribution in [-0.4, -0.2) is 42.5 Å². The molecule has 5 heteroatoms. The summed E-state index contributed by atoms with van der Waals surface area (Å²) in [7, 11) is 0. The fourth-order valence-corrected chi connectivity index (χ4v) is 2.66. The van der Waals surface area contributed by atoms with Gasteiger partial charge >= 0.3 is 0 Å². The normalized spacial score (nSPS) is 16.0. The molecule has 0 saturated carbocycles. The number of hydrogen-bond donors (Lipinski definition) is 1. The van der Waals surface area contributed by atoms with Crippen LogP contribution in [0.4, 0.5) is 5.69 Å². The molecular weight excluding hydrogens is 312 g/mol. The van der Waals surface area contributed by atoms with Crippen LogP contribution in [0.3, 0.4) is 0 Å². The Hall–Kier alpha value is -1.88. The molecule has 1 heterocycles. The Kier molecular flexibility index (Phi) is 5.28. The number of aromatic hydroxyl groups is 1. The lowest BCUT2D eigenvalue weighted by atomic mass is 10.2. The van der Waals surface area contributed by atoms with Gasteiger partial charge in [-0.1, -0.05) is 23.7 Å². The van der Waals surface area contributed by atoms with Gasteiger partial charge in [0.2, 0.25) is 0 Å². The van der Waals surface area contributed by atoms with Crippen LogP contribution in [0.15, 0.2) is 47.5 Å². The number of rotatable bonds is 4. The minimum absolute atomic E-state index is 0.169. The van der Waals surface area contributed by atoms with Gasteiger partial charge in [0.25, 0.3) is 0 Å². The topological polar surface area (TPSA) is 45.1 Å². The van der Waals surface area contributed by atoms with Gasteiger partial charge in [-0.2, -0.15) is 0 Å². The summed E-state index contributed by atoms with van der Waals surface area (Å²) >= 11 is 5.93. The van der Waals surface area contributed by atoms with E-state index in [9.17, 15) is 5.11 Å². The van der Waals surface area contributed by atoms with E-state index in [1.165, 1.54) is 5.56 Å². The zero-order valence-corrected chi connectivity index (χ0v) is 13.5. The summed E-state index contributed by atoms with van der Waals surface area (Å²) in [6.07, 6.45) is 1.62. The molecule has 1 saturated heterocycles. The number of morpholine rings is 1. The number of halogens is 1. The van der Waals surface area contributed by atoms with Gasteiger partial charge in [0.15, 0.2) is 0 Å². The van der Waals surface area contributed by atoms with Crippen LogP contribution in [0.5, 0.6) is 5.75 Å². The molecule has 3 rings (SSSR count). The summed E-state index contributed by atoms with van der Waals surface area (Å²) < 4.78 is 5.36. The Balaban J connectivity index is 1.64. The van der Waals surface area contributed by atoms with E-state index in [-0.39, 0.29) is 5.75 Å². The molecule has 0 bridgehead atoms. The standard InChI is InChI=1S/C18H19ClN2O2/c19-16-3-6-18(22)15(11-16)12-20-17-4-1-14(2-5-17)13-21-7-9-23-10-8-21/h1-6,11-12,22H,7-10,13H2. The number of benzene rings is 2. The van der Waals surface area contributed by atoms with Gasteiger partial charge in [-0.25, -0.2) is 0 Å². The van der Waals surface area contributed by atoms with E-state index in [2.05, 4.69) is 22.0 Å². The number of nitrogens with zero attached hydrogens (tertiary/aromatic N) is 2. The summed E-state index contributed by atoms with van der Waals surface area (Å²) in [5, 5.41) is 10.3. The summed E-state index contributed by atoms with van der Waals surface area (Å²) in [5.74, 6) is 0.169. The van der Waals surface area contributed by atoms with Crippen LogP contribution in [0.1, 0.15) is 11.1 Å². The third-order valence-corrected chi connectivity index (χ3v) is 4.02. The summed E-state index contributed by atoms with van der Waals surface area (Å²) in [5.41, 5.74) is 2.71. The Bertz CT molecular complexity index is 680. The quantitative estimate of drug-likeness (QED) is 0.871. The molecule has 4 nitrogen and oxygen atoms in total. The average molecular weight is 331 g/mol. The molecule has 0 aliphatic carbocycles. The van der Waals surface area contributed by atoms with Crippen molar-refractivity contribution in [3.8, 4) is 5.75 Å². The van der Waals surface area contributed by atoms with Crippen molar-refractivity contribution in [3.63, 3.8) is 0 Å². The first-order valence-electron chi connectivity index (χ1n) is 7.62. The molecule has 120 valence electrons. The molecule has 1 N–H and O–H groups in total. The first-order chi connectivity index (χ1) is 11.2. The molecule has 0 spiro atoms. The van der Waals surface area contributed by atoms with Gasteiger partial charge in [0.05, 0.1) is 18.9 Å². The largest absolute Gasteiger partial charge is 0.507 e. The number of hydrogen-bond acceptors (Lipinski definition) is 4. The Morgan fingerprint density at radius 3 is 2.61 bits per heavy atom. The van der Waals surface area contributed by atoms with E-state index in [4.69, 9.17) is 16.3 Å². The van der Waals surface area contributed by atoms with Crippen LogP contribution in [0, 0.1) is 0 Å². The lowest BCUT2D eigenvalue weighted by Gasteiger charge is -2.26. The van der Waals surface area contributed by atoms with Crippen LogP contribution in [0.25, 0.3) is 0 Å². The number of phenols is 1. The highest BCUT2D eigenvalue weighted by atomic mass is 35.5. The third kappa shape index (κ3) is 4.55. The zero-order valence-electron chi connectivity index (χ0n) is 12.8. The van der Waals surface area contributed by atoms with Crippen LogP contribution >= 0.6 is 11.6 Å². The van der Waals surface area contributed by atoms with Crippen molar-refractivity contribution in [2.45, 2.75) is 6.54 Å². The van der Waals surface area contributed by atoms with Gasteiger partial charge in [-0.3, -0.25) is 9.89 Å². The second-order valence-electron chi connectivity index (χ2n) is 5.52. The van der Waals surface area contributed by atoms with E-state index < -0.39 is 0 Å². The van der Waals surface area contributed by atoms with E-state index in [1.54, 1.807) is 24.4 Å². The fourth-order valence-electron chi connectivity index (χ4n) is 2.48. The minimum atomic E-state index is 0.169. The molecule has 0 unspecified atom stereocenters.